The van der Waals surface area contributed by atoms with Gasteiger partial charge in [0.15, 0.2) is 0 Å². The molecular weight excluding hydrogens is 449 g/mol. The molecule has 0 unspecified atom stereocenters. The number of hydrogen-bond donors (Lipinski definition) is 0. The zero-order chi connectivity index (χ0) is 18.1. The Morgan fingerprint density at radius 1 is 0.962 bits per heavy atom. The van der Waals surface area contributed by atoms with E-state index in [2.05, 4.69) is 72.2 Å². The van der Waals surface area contributed by atoms with Gasteiger partial charge in [0.25, 0.3) is 0 Å². The van der Waals surface area contributed by atoms with Crippen molar-refractivity contribution in [3.05, 3.63) is 83.4 Å². The minimum atomic E-state index is 0.935. The van der Waals surface area contributed by atoms with Crippen LogP contribution in [0.25, 0.3) is 0 Å². The summed E-state index contributed by atoms with van der Waals surface area (Å²) in [6, 6.07) is 11.7. The van der Waals surface area contributed by atoms with Gasteiger partial charge in [-0.2, -0.15) is 0 Å². The number of rotatable bonds is 4. The van der Waals surface area contributed by atoms with Gasteiger partial charge >= 0.3 is 0 Å². The van der Waals surface area contributed by atoms with Crippen LogP contribution in [0.3, 0.4) is 0 Å². The minimum absolute atomic E-state index is 0.935. The molecule has 0 N–H and O–H groups in total. The first-order chi connectivity index (χ1) is 12.6. The fourth-order valence-electron chi connectivity index (χ4n) is 3.81. The van der Waals surface area contributed by atoms with E-state index in [4.69, 9.17) is 4.98 Å². The third-order valence-electron chi connectivity index (χ3n) is 5.36. The maximum atomic E-state index is 4.92. The number of thiazole rings is 1. The Labute approximate surface area is 174 Å². The standard InChI is InChI=1S/C23H24INS/c1-15-10-22(24)16(2)9-20(15)13-21-14-26-23(25-21)12-17-7-8-18-5-3-4-6-19(18)11-17/h7-11,14H,3-6,12-13H2,1-2H3. The Bertz CT molecular complexity index is 941. The van der Waals surface area contributed by atoms with Gasteiger partial charge in [-0.05, 0) is 102 Å². The molecule has 1 aliphatic carbocycles. The van der Waals surface area contributed by atoms with Gasteiger partial charge in [0.1, 0.15) is 0 Å². The Morgan fingerprint density at radius 3 is 2.62 bits per heavy atom. The molecule has 1 nitrogen and oxygen atoms in total. The van der Waals surface area contributed by atoms with Crippen LogP contribution in [-0.4, -0.2) is 4.98 Å². The quantitative estimate of drug-likeness (QED) is 0.398. The molecule has 0 bridgehead atoms. The first-order valence-corrected chi connectivity index (χ1v) is 11.3. The minimum Gasteiger partial charge on any atom is -0.246 e. The number of nitrogens with zero attached hydrogens (tertiary/aromatic N) is 1. The molecule has 1 heterocycles. The highest BCUT2D eigenvalue weighted by atomic mass is 127. The monoisotopic (exact) mass is 473 g/mol. The van der Waals surface area contributed by atoms with Crippen molar-refractivity contribution in [3.63, 3.8) is 0 Å². The zero-order valence-corrected chi connectivity index (χ0v) is 18.4. The predicted molar refractivity (Wildman–Crippen MR) is 119 cm³/mol. The summed E-state index contributed by atoms with van der Waals surface area (Å²) >= 11 is 4.22. The number of aryl methyl sites for hydroxylation is 4. The van der Waals surface area contributed by atoms with Crippen molar-refractivity contribution in [2.75, 3.05) is 0 Å². The summed E-state index contributed by atoms with van der Waals surface area (Å²) < 4.78 is 1.34. The van der Waals surface area contributed by atoms with Crippen LogP contribution < -0.4 is 0 Å². The Morgan fingerprint density at radius 2 is 1.77 bits per heavy atom. The topological polar surface area (TPSA) is 12.9 Å². The molecule has 0 radical (unpaired) electrons. The molecule has 134 valence electrons. The molecule has 0 atom stereocenters. The van der Waals surface area contributed by atoms with Crippen molar-refractivity contribution >= 4 is 33.9 Å². The molecule has 2 aromatic carbocycles. The van der Waals surface area contributed by atoms with E-state index >= 15 is 0 Å². The van der Waals surface area contributed by atoms with Crippen LogP contribution in [0, 0.1) is 17.4 Å². The normalized spacial score (nSPS) is 13.7. The molecule has 3 heteroatoms. The van der Waals surface area contributed by atoms with Gasteiger partial charge in [0.2, 0.25) is 0 Å². The lowest BCUT2D eigenvalue weighted by atomic mass is 9.90. The molecule has 0 saturated heterocycles. The van der Waals surface area contributed by atoms with Crippen LogP contribution in [0.4, 0.5) is 0 Å². The number of halogens is 1. The Balaban J connectivity index is 1.49. The highest BCUT2D eigenvalue weighted by molar-refractivity contribution is 14.1. The van der Waals surface area contributed by atoms with E-state index < -0.39 is 0 Å². The van der Waals surface area contributed by atoms with Gasteiger partial charge in [0, 0.05) is 21.8 Å². The summed E-state index contributed by atoms with van der Waals surface area (Å²) in [5, 5.41) is 3.47. The van der Waals surface area contributed by atoms with Gasteiger partial charge < -0.3 is 0 Å². The van der Waals surface area contributed by atoms with Crippen molar-refractivity contribution in [1.82, 2.24) is 4.98 Å². The molecule has 0 amide bonds. The van der Waals surface area contributed by atoms with Crippen molar-refractivity contribution < 1.29 is 0 Å². The number of fused-ring (bicyclic) bond motifs is 1. The number of hydrogen-bond acceptors (Lipinski definition) is 2. The molecule has 1 aliphatic rings. The van der Waals surface area contributed by atoms with Gasteiger partial charge in [-0.3, -0.25) is 0 Å². The van der Waals surface area contributed by atoms with Crippen LogP contribution >= 0.6 is 33.9 Å². The van der Waals surface area contributed by atoms with E-state index in [1.54, 1.807) is 22.5 Å². The molecule has 0 fully saturated rings. The lowest BCUT2D eigenvalue weighted by Crippen LogP contribution is -2.03. The van der Waals surface area contributed by atoms with Crippen LogP contribution in [0.15, 0.2) is 35.7 Å². The molecule has 0 saturated carbocycles. The SMILES string of the molecule is Cc1cc(Cc2csc(Cc3ccc4c(c3)CCCC4)n2)c(C)cc1I. The van der Waals surface area contributed by atoms with E-state index in [-0.39, 0.29) is 0 Å². The van der Waals surface area contributed by atoms with Gasteiger partial charge in [-0.1, -0.05) is 24.3 Å². The molecule has 4 rings (SSSR count). The first-order valence-electron chi connectivity index (χ1n) is 9.38. The van der Waals surface area contributed by atoms with Gasteiger partial charge in [-0.15, -0.1) is 11.3 Å². The predicted octanol–water partition coefficient (Wildman–Crippen LogP) is 6.42. The second-order valence-electron chi connectivity index (χ2n) is 7.42. The highest BCUT2D eigenvalue weighted by Crippen LogP contribution is 2.25. The lowest BCUT2D eigenvalue weighted by molar-refractivity contribution is 0.684. The van der Waals surface area contributed by atoms with Gasteiger partial charge in [0.05, 0.1) is 10.7 Å². The molecule has 0 aliphatic heterocycles. The van der Waals surface area contributed by atoms with Crippen molar-refractivity contribution in [3.8, 4) is 0 Å². The van der Waals surface area contributed by atoms with Crippen LogP contribution in [0.1, 0.15) is 56.9 Å². The average Bonchev–Trinajstić information content (AvgIpc) is 3.06. The fraction of sp³-hybridized carbons (Fsp3) is 0.348. The number of aromatic nitrogens is 1. The lowest BCUT2D eigenvalue weighted by Gasteiger charge is -2.16. The molecular formula is C23H24INS. The first kappa shape index (κ1) is 18.2. The molecule has 0 spiro atoms. The summed E-state index contributed by atoms with van der Waals surface area (Å²) in [6.45, 7) is 4.39. The van der Waals surface area contributed by atoms with E-state index in [1.165, 1.54) is 62.2 Å². The summed E-state index contributed by atoms with van der Waals surface area (Å²) in [5.74, 6) is 0. The summed E-state index contributed by atoms with van der Waals surface area (Å²) in [4.78, 5) is 4.92. The van der Waals surface area contributed by atoms with E-state index in [1.807, 2.05) is 0 Å². The zero-order valence-electron chi connectivity index (χ0n) is 15.4. The summed E-state index contributed by atoms with van der Waals surface area (Å²) in [6.07, 6.45) is 7.09. The molecule has 3 aromatic rings. The van der Waals surface area contributed by atoms with Crippen molar-refractivity contribution in [2.45, 2.75) is 52.4 Å². The van der Waals surface area contributed by atoms with E-state index in [0.29, 0.717) is 0 Å². The van der Waals surface area contributed by atoms with Crippen molar-refractivity contribution in [1.29, 1.82) is 0 Å². The fourth-order valence-corrected chi connectivity index (χ4v) is 5.26. The number of benzene rings is 2. The third-order valence-corrected chi connectivity index (χ3v) is 7.42. The largest absolute Gasteiger partial charge is 0.246 e. The molecule has 26 heavy (non-hydrogen) atoms. The smallest absolute Gasteiger partial charge is 0.0972 e. The maximum Gasteiger partial charge on any atom is 0.0972 e. The average molecular weight is 473 g/mol. The van der Waals surface area contributed by atoms with E-state index in [0.717, 1.165) is 12.8 Å². The van der Waals surface area contributed by atoms with Crippen LogP contribution in [0.2, 0.25) is 0 Å². The maximum absolute atomic E-state index is 4.92. The summed E-state index contributed by atoms with van der Waals surface area (Å²) in [7, 11) is 0. The second-order valence-corrected chi connectivity index (χ2v) is 9.53. The van der Waals surface area contributed by atoms with Crippen molar-refractivity contribution in [2.24, 2.45) is 0 Å². The third kappa shape index (κ3) is 4.04. The van der Waals surface area contributed by atoms with E-state index in [9.17, 15) is 0 Å². The van der Waals surface area contributed by atoms with Gasteiger partial charge in [-0.25, -0.2) is 4.98 Å². The Hall–Kier alpha value is -1.20. The second kappa shape index (κ2) is 7.81. The molecule has 1 aromatic heterocycles. The highest BCUT2D eigenvalue weighted by Gasteiger charge is 2.11. The van der Waals surface area contributed by atoms with Crippen LogP contribution in [-0.2, 0) is 25.7 Å². The Kier molecular flexibility index (Phi) is 5.46. The summed E-state index contributed by atoms with van der Waals surface area (Å²) in [5.41, 5.74) is 9.85. The van der Waals surface area contributed by atoms with Crippen LogP contribution in [0.5, 0.6) is 0 Å².